The predicted octanol–water partition coefficient (Wildman–Crippen LogP) is 5.65. The molecule has 8 nitrogen and oxygen atoms in total. The molecule has 2 aliphatic carbocycles. The normalized spacial score (nSPS) is 25.8. The summed E-state index contributed by atoms with van der Waals surface area (Å²) in [6.45, 7) is 0. The zero-order chi connectivity index (χ0) is 27.2. The smallest absolute Gasteiger partial charge is 0.254 e. The highest BCUT2D eigenvalue weighted by Crippen LogP contribution is 2.38. The van der Waals surface area contributed by atoms with E-state index >= 15 is 0 Å². The van der Waals surface area contributed by atoms with Crippen molar-refractivity contribution in [1.82, 2.24) is 20.5 Å². The summed E-state index contributed by atoms with van der Waals surface area (Å²) in [5.41, 5.74) is -0.192. The molecule has 1 aliphatic heterocycles. The molecule has 0 radical (unpaired) electrons. The van der Waals surface area contributed by atoms with Gasteiger partial charge in [0.15, 0.2) is 5.96 Å². The quantitative estimate of drug-likeness (QED) is 0.388. The van der Waals surface area contributed by atoms with Crippen LogP contribution in [-0.2, 0) is 4.79 Å². The summed E-state index contributed by atoms with van der Waals surface area (Å²) < 4.78 is 5.74. The molecule has 0 spiro atoms. The summed E-state index contributed by atoms with van der Waals surface area (Å²) in [6, 6.07) is 12.9. The third-order valence-corrected chi connectivity index (χ3v) is 8.83. The molecule has 3 N–H and O–H groups in total. The number of para-hydroxylation sites is 1. The largest absolute Gasteiger partial charge is 0.439 e. The summed E-state index contributed by atoms with van der Waals surface area (Å²) in [5, 5.41) is 14.8. The van der Waals surface area contributed by atoms with Gasteiger partial charge in [-0.2, -0.15) is 0 Å². The number of carbonyl (C=O) groups excluding carboxylic acids is 2. The average molecular weight is 532 g/mol. The topological polar surface area (TPSA) is 107 Å². The SMILES string of the molecule is CN1C(=N)N[C@](CCC2CCCCC2)(C[C@H]2CCCC(NC(=O)c3ccc(Oc4ccccc4)nc3)C2)C1=O. The van der Waals surface area contributed by atoms with Crippen LogP contribution in [-0.4, -0.2) is 46.3 Å². The van der Waals surface area contributed by atoms with E-state index in [1.54, 1.807) is 25.4 Å². The third kappa shape index (κ3) is 6.60. The Balaban J connectivity index is 1.18. The second-order valence-corrected chi connectivity index (χ2v) is 11.7. The molecule has 3 aliphatic rings. The molecule has 2 amide bonds. The Hall–Kier alpha value is -3.42. The van der Waals surface area contributed by atoms with Gasteiger partial charge in [0.2, 0.25) is 5.88 Å². The molecule has 1 unspecified atom stereocenters. The van der Waals surface area contributed by atoms with Crippen molar-refractivity contribution in [2.24, 2.45) is 11.8 Å². The summed E-state index contributed by atoms with van der Waals surface area (Å²) in [5.74, 6) is 2.23. The molecule has 1 saturated heterocycles. The van der Waals surface area contributed by atoms with Crippen LogP contribution in [0.15, 0.2) is 48.7 Å². The molecule has 3 atom stereocenters. The minimum Gasteiger partial charge on any atom is -0.439 e. The fourth-order valence-corrected chi connectivity index (χ4v) is 6.68. The molecule has 39 heavy (non-hydrogen) atoms. The molecule has 0 bridgehead atoms. The highest BCUT2D eigenvalue weighted by molar-refractivity contribution is 6.07. The number of amides is 2. The van der Waals surface area contributed by atoms with E-state index in [1.165, 1.54) is 37.0 Å². The van der Waals surface area contributed by atoms with Crippen molar-refractivity contribution in [3.8, 4) is 11.6 Å². The minimum absolute atomic E-state index is 0.0263. The van der Waals surface area contributed by atoms with E-state index in [1.807, 2.05) is 30.3 Å². The first kappa shape index (κ1) is 27.2. The van der Waals surface area contributed by atoms with Crippen LogP contribution in [0.5, 0.6) is 11.6 Å². The van der Waals surface area contributed by atoms with Crippen LogP contribution in [0.2, 0.25) is 0 Å². The van der Waals surface area contributed by atoms with Crippen LogP contribution in [0, 0.1) is 17.2 Å². The first-order chi connectivity index (χ1) is 18.9. The van der Waals surface area contributed by atoms with Crippen LogP contribution in [0.25, 0.3) is 0 Å². The molecule has 2 saturated carbocycles. The lowest BCUT2D eigenvalue weighted by atomic mass is 9.74. The Morgan fingerprint density at radius 3 is 2.54 bits per heavy atom. The molecule has 2 aromatic rings. The minimum atomic E-state index is -0.696. The highest BCUT2D eigenvalue weighted by Gasteiger charge is 2.49. The van der Waals surface area contributed by atoms with Crippen LogP contribution in [0.3, 0.4) is 0 Å². The Morgan fingerprint density at radius 2 is 1.85 bits per heavy atom. The van der Waals surface area contributed by atoms with Crippen molar-refractivity contribution in [2.45, 2.75) is 88.6 Å². The number of rotatable bonds is 9. The van der Waals surface area contributed by atoms with E-state index in [-0.39, 0.29) is 23.8 Å². The van der Waals surface area contributed by atoms with Gasteiger partial charge in [-0.05, 0) is 62.1 Å². The number of hydrogen-bond donors (Lipinski definition) is 3. The van der Waals surface area contributed by atoms with Gasteiger partial charge >= 0.3 is 0 Å². The van der Waals surface area contributed by atoms with E-state index < -0.39 is 5.54 Å². The molecule has 208 valence electrons. The lowest BCUT2D eigenvalue weighted by molar-refractivity contribution is -0.131. The number of hydrogen-bond acceptors (Lipinski definition) is 5. The molecule has 2 heterocycles. The van der Waals surface area contributed by atoms with Gasteiger partial charge < -0.3 is 15.4 Å². The maximum absolute atomic E-state index is 13.4. The Morgan fingerprint density at radius 1 is 1.08 bits per heavy atom. The number of aromatic nitrogens is 1. The average Bonchev–Trinajstić information content (AvgIpc) is 3.17. The van der Waals surface area contributed by atoms with Crippen molar-refractivity contribution in [3.63, 3.8) is 0 Å². The number of carbonyl (C=O) groups is 2. The van der Waals surface area contributed by atoms with Gasteiger partial charge in [-0.25, -0.2) is 4.98 Å². The van der Waals surface area contributed by atoms with Gasteiger partial charge in [0.05, 0.1) is 5.56 Å². The lowest BCUT2D eigenvalue weighted by Gasteiger charge is -2.36. The molecule has 1 aromatic carbocycles. The third-order valence-electron chi connectivity index (χ3n) is 8.83. The Bertz CT molecular complexity index is 1150. The predicted molar refractivity (Wildman–Crippen MR) is 151 cm³/mol. The highest BCUT2D eigenvalue weighted by atomic mass is 16.5. The molecule has 3 fully saturated rings. The van der Waals surface area contributed by atoms with Crippen molar-refractivity contribution in [3.05, 3.63) is 54.2 Å². The number of nitrogens with zero attached hydrogens (tertiary/aromatic N) is 2. The molecular formula is C31H41N5O3. The van der Waals surface area contributed by atoms with E-state index in [4.69, 9.17) is 10.1 Å². The standard InChI is InChI=1S/C31H41N5O3/c1-36-29(38)31(35-30(36)32,18-17-22-9-4-2-5-10-22)20-23-11-8-12-25(19-23)34-28(37)24-15-16-27(33-21-24)39-26-13-6-3-7-14-26/h3,6-7,13-16,21-23,25H,2,4-5,8-12,17-20H2,1H3,(H2,32,35)(H,34,37)/t23-,25?,31+/m0/s1. The second kappa shape index (κ2) is 12.2. The summed E-state index contributed by atoms with van der Waals surface area (Å²) in [7, 11) is 1.70. The van der Waals surface area contributed by atoms with Gasteiger partial charge in [0.1, 0.15) is 11.3 Å². The fraction of sp³-hybridized carbons (Fsp3) is 0.548. The number of guanidine groups is 1. The van der Waals surface area contributed by atoms with Gasteiger partial charge in [-0.3, -0.25) is 19.9 Å². The first-order valence-corrected chi connectivity index (χ1v) is 14.6. The second-order valence-electron chi connectivity index (χ2n) is 11.7. The van der Waals surface area contributed by atoms with Crippen molar-refractivity contribution in [2.75, 3.05) is 7.05 Å². The number of ether oxygens (including phenoxy) is 1. The zero-order valence-electron chi connectivity index (χ0n) is 23.0. The van der Waals surface area contributed by atoms with Crippen molar-refractivity contribution >= 4 is 17.8 Å². The number of pyridine rings is 1. The summed E-state index contributed by atoms with van der Waals surface area (Å²) in [6.07, 6.45) is 14.3. The lowest BCUT2D eigenvalue weighted by Crippen LogP contribution is -2.50. The van der Waals surface area contributed by atoms with Gasteiger partial charge in [0, 0.05) is 25.4 Å². The Kier molecular flexibility index (Phi) is 8.48. The van der Waals surface area contributed by atoms with Crippen LogP contribution < -0.4 is 15.4 Å². The molecule has 5 rings (SSSR count). The van der Waals surface area contributed by atoms with Crippen LogP contribution >= 0.6 is 0 Å². The number of nitrogens with one attached hydrogen (secondary N) is 3. The van der Waals surface area contributed by atoms with Gasteiger partial charge in [-0.15, -0.1) is 0 Å². The molecular weight excluding hydrogens is 490 g/mol. The van der Waals surface area contributed by atoms with Crippen molar-refractivity contribution < 1.29 is 14.3 Å². The maximum Gasteiger partial charge on any atom is 0.254 e. The number of benzene rings is 1. The monoisotopic (exact) mass is 531 g/mol. The van der Waals surface area contributed by atoms with Crippen molar-refractivity contribution in [1.29, 1.82) is 5.41 Å². The Labute approximate surface area is 231 Å². The number of likely N-dealkylation sites (N-methyl/N-ethyl adjacent to an activating group) is 1. The summed E-state index contributed by atoms with van der Waals surface area (Å²) >= 11 is 0. The van der Waals surface area contributed by atoms with Crippen LogP contribution in [0.1, 0.15) is 87.4 Å². The van der Waals surface area contributed by atoms with E-state index in [9.17, 15) is 9.59 Å². The molecule has 8 heteroatoms. The molecule has 1 aromatic heterocycles. The van der Waals surface area contributed by atoms with Gasteiger partial charge in [-0.1, -0.05) is 63.1 Å². The van der Waals surface area contributed by atoms with Gasteiger partial charge in [0.25, 0.3) is 11.8 Å². The maximum atomic E-state index is 13.4. The first-order valence-electron chi connectivity index (χ1n) is 14.6. The zero-order valence-corrected chi connectivity index (χ0v) is 23.0. The fourth-order valence-electron chi connectivity index (χ4n) is 6.68. The van der Waals surface area contributed by atoms with E-state index in [2.05, 4.69) is 15.6 Å². The van der Waals surface area contributed by atoms with E-state index in [0.29, 0.717) is 35.4 Å². The van der Waals surface area contributed by atoms with Crippen LogP contribution in [0.4, 0.5) is 0 Å². The summed E-state index contributed by atoms with van der Waals surface area (Å²) in [4.78, 5) is 32.2. The van der Waals surface area contributed by atoms with E-state index in [0.717, 1.165) is 38.5 Å².